The van der Waals surface area contributed by atoms with Crippen LogP contribution in [0.1, 0.15) is 48.0 Å². The molecule has 1 atom stereocenters. The molecule has 7 heteroatoms. The first kappa shape index (κ1) is 22.2. The normalized spacial score (nSPS) is 12.2. The summed E-state index contributed by atoms with van der Waals surface area (Å²) in [5, 5.41) is 5.05. The first-order valence-electron chi connectivity index (χ1n) is 8.48. The van der Waals surface area contributed by atoms with Crippen molar-refractivity contribution in [3.05, 3.63) is 0 Å². The van der Waals surface area contributed by atoms with Gasteiger partial charge < -0.3 is 20.1 Å². The van der Waals surface area contributed by atoms with Crippen molar-refractivity contribution < 1.29 is 23.9 Å². The number of rotatable bonds is 10. The Morgan fingerprint density at radius 2 is 1.38 bits per heavy atom. The van der Waals surface area contributed by atoms with Gasteiger partial charge in [0.2, 0.25) is 5.91 Å². The van der Waals surface area contributed by atoms with E-state index in [2.05, 4.69) is 10.6 Å². The topological polar surface area (TPSA) is 93.7 Å². The number of nitrogens with one attached hydrogen (secondary N) is 2. The van der Waals surface area contributed by atoms with Gasteiger partial charge >= 0.3 is 12.1 Å². The van der Waals surface area contributed by atoms with Gasteiger partial charge in [-0.15, -0.1) is 0 Å². The summed E-state index contributed by atoms with van der Waals surface area (Å²) in [6.45, 7) is 12.0. The van der Waals surface area contributed by atoms with E-state index >= 15 is 0 Å². The Morgan fingerprint density at radius 1 is 0.833 bits per heavy atom. The molecule has 0 fully saturated rings. The second-order valence-electron chi connectivity index (χ2n) is 7.11. The van der Waals surface area contributed by atoms with Crippen LogP contribution in [0.15, 0.2) is 0 Å². The van der Waals surface area contributed by atoms with Crippen molar-refractivity contribution in [1.29, 1.82) is 0 Å². The number of hydrogen-bond acceptors (Lipinski definition) is 5. The van der Waals surface area contributed by atoms with Gasteiger partial charge in [0, 0.05) is 0 Å². The van der Waals surface area contributed by atoms with Crippen LogP contribution < -0.4 is 10.6 Å². The first-order chi connectivity index (χ1) is 11.1. The number of carbonyl (C=O) groups excluding carboxylic acids is 3. The molecule has 0 saturated heterocycles. The number of esters is 1. The third-order valence-corrected chi connectivity index (χ3v) is 2.85. The number of amides is 2. The molecule has 1 unspecified atom stereocenters. The lowest BCUT2D eigenvalue weighted by Crippen LogP contribution is -2.49. The predicted octanol–water partition coefficient (Wildman–Crippen LogP) is 2.10. The van der Waals surface area contributed by atoms with E-state index in [0.29, 0.717) is 13.0 Å². The maximum Gasteiger partial charge on any atom is 0.407 e. The average molecular weight is 344 g/mol. The SMILES string of the molecule is CC(C)COC(=O)CNC(=O)C(CC(C)C)NC(=O)OCC(C)C. The van der Waals surface area contributed by atoms with Gasteiger partial charge in [-0.25, -0.2) is 4.79 Å². The molecule has 0 radical (unpaired) electrons. The highest BCUT2D eigenvalue weighted by atomic mass is 16.5. The number of ether oxygens (including phenoxy) is 2. The lowest BCUT2D eigenvalue weighted by atomic mass is 10.0. The van der Waals surface area contributed by atoms with Gasteiger partial charge in [0.05, 0.1) is 13.2 Å². The summed E-state index contributed by atoms with van der Waals surface area (Å²) in [7, 11) is 0. The molecule has 0 bridgehead atoms. The molecule has 24 heavy (non-hydrogen) atoms. The molecule has 0 aliphatic heterocycles. The van der Waals surface area contributed by atoms with Gasteiger partial charge in [0.1, 0.15) is 12.6 Å². The molecule has 140 valence electrons. The zero-order chi connectivity index (χ0) is 18.7. The molecule has 2 N–H and O–H groups in total. The molecular weight excluding hydrogens is 312 g/mol. The highest BCUT2D eigenvalue weighted by Crippen LogP contribution is 2.06. The van der Waals surface area contributed by atoms with Gasteiger partial charge in [-0.2, -0.15) is 0 Å². The van der Waals surface area contributed by atoms with E-state index in [1.165, 1.54) is 0 Å². The molecule has 2 amide bonds. The lowest BCUT2D eigenvalue weighted by Gasteiger charge is -2.20. The van der Waals surface area contributed by atoms with Gasteiger partial charge in [-0.1, -0.05) is 41.5 Å². The molecular formula is C17H32N2O5. The third-order valence-electron chi connectivity index (χ3n) is 2.85. The minimum absolute atomic E-state index is 0.194. The van der Waals surface area contributed by atoms with Crippen LogP contribution in [0.4, 0.5) is 4.79 Å². The number of alkyl carbamates (subject to hydrolysis) is 1. The van der Waals surface area contributed by atoms with Crippen molar-refractivity contribution in [2.75, 3.05) is 19.8 Å². The van der Waals surface area contributed by atoms with E-state index in [1.54, 1.807) is 0 Å². The van der Waals surface area contributed by atoms with E-state index < -0.39 is 24.0 Å². The van der Waals surface area contributed by atoms with Crippen molar-refractivity contribution in [2.45, 2.75) is 54.0 Å². The fourth-order valence-corrected chi connectivity index (χ4v) is 1.72. The quantitative estimate of drug-likeness (QED) is 0.592. The van der Waals surface area contributed by atoms with Gasteiger partial charge in [-0.05, 0) is 24.2 Å². The van der Waals surface area contributed by atoms with Crippen LogP contribution >= 0.6 is 0 Å². The van der Waals surface area contributed by atoms with E-state index in [9.17, 15) is 14.4 Å². The van der Waals surface area contributed by atoms with Gasteiger partial charge in [-0.3, -0.25) is 9.59 Å². The standard InChI is InChI=1S/C17H32N2O5/c1-11(2)7-14(19-17(22)24-10-13(5)6)16(21)18-8-15(20)23-9-12(3)4/h11-14H,7-10H2,1-6H3,(H,18,21)(H,19,22). The Balaban J connectivity index is 4.44. The number of hydrogen-bond donors (Lipinski definition) is 2. The maximum atomic E-state index is 12.2. The zero-order valence-electron chi connectivity index (χ0n) is 15.7. The molecule has 0 aliphatic rings. The van der Waals surface area contributed by atoms with E-state index in [1.807, 2.05) is 41.5 Å². The van der Waals surface area contributed by atoms with E-state index in [-0.39, 0.29) is 30.9 Å². The van der Waals surface area contributed by atoms with Crippen LogP contribution in [-0.2, 0) is 19.1 Å². The lowest BCUT2D eigenvalue weighted by molar-refractivity contribution is -0.145. The van der Waals surface area contributed by atoms with Crippen LogP contribution in [0, 0.1) is 17.8 Å². The third kappa shape index (κ3) is 11.7. The summed E-state index contributed by atoms with van der Waals surface area (Å²) in [5.74, 6) is -0.284. The fourth-order valence-electron chi connectivity index (χ4n) is 1.72. The minimum atomic E-state index is -0.748. The summed E-state index contributed by atoms with van der Waals surface area (Å²) < 4.78 is 10.0. The summed E-state index contributed by atoms with van der Waals surface area (Å²) in [5.41, 5.74) is 0. The molecule has 0 aliphatic carbocycles. The Hall–Kier alpha value is -1.79. The van der Waals surface area contributed by atoms with Crippen molar-refractivity contribution in [2.24, 2.45) is 17.8 Å². The summed E-state index contributed by atoms with van der Waals surface area (Å²) >= 11 is 0. The first-order valence-corrected chi connectivity index (χ1v) is 8.48. The molecule has 0 spiro atoms. The minimum Gasteiger partial charge on any atom is -0.464 e. The Labute approximate surface area is 144 Å². The highest BCUT2D eigenvalue weighted by Gasteiger charge is 2.23. The average Bonchev–Trinajstić information content (AvgIpc) is 2.47. The van der Waals surface area contributed by atoms with Crippen molar-refractivity contribution >= 4 is 18.0 Å². The van der Waals surface area contributed by atoms with Crippen molar-refractivity contribution in [3.8, 4) is 0 Å². The zero-order valence-corrected chi connectivity index (χ0v) is 15.7. The fraction of sp³-hybridized carbons (Fsp3) is 0.824. The predicted molar refractivity (Wildman–Crippen MR) is 91.4 cm³/mol. The van der Waals surface area contributed by atoms with Crippen molar-refractivity contribution in [1.82, 2.24) is 10.6 Å². The Kier molecular flexibility index (Phi) is 10.8. The summed E-state index contributed by atoms with van der Waals surface area (Å²) in [4.78, 5) is 35.5. The second-order valence-corrected chi connectivity index (χ2v) is 7.11. The van der Waals surface area contributed by atoms with Crippen LogP contribution in [0.3, 0.4) is 0 Å². The maximum absolute atomic E-state index is 12.2. The van der Waals surface area contributed by atoms with Crippen LogP contribution in [0.5, 0.6) is 0 Å². The number of carbonyl (C=O) groups is 3. The second kappa shape index (κ2) is 11.7. The highest BCUT2D eigenvalue weighted by molar-refractivity contribution is 5.88. The van der Waals surface area contributed by atoms with Gasteiger partial charge in [0.25, 0.3) is 0 Å². The largest absolute Gasteiger partial charge is 0.464 e. The van der Waals surface area contributed by atoms with Crippen molar-refractivity contribution in [3.63, 3.8) is 0 Å². The van der Waals surface area contributed by atoms with Crippen LogP contribution in [0.25, 0.3) is 0 Å². The molecule has 0 aromatic rings. The summed E-state index contributed by atoms with van der Waals surface area (Å²) in [6, 6.07) is -0.748. The molecule has 0 aromatic carbocycles. The van der Waals surface area contributed by atoms with Gasteiger partial charge in [0.15, 0.2) is 0 Å². The van der Waals surface area contributed by atoms with Crippen LogP contribution in [0.2, 0.25) is 0 Å². The van der Waals surface area contributed by atoms with E-state index in [0.717, 1.165) is 0 Å². The van der Waals surface area contributed by atoms with E-state index in [4.69, 9.17) is 9.47 Å². The summed E-state index contributed by atoms with van der Waals surface area (Å²) in [6.07, 6.45) is -0.184. The Bertz CT molecular complexity index is 408. The monoisotopic (exact) mass is 344 g/mol. The Morgan fingerprint density at radius 3 is 1.88 bits per heavy atom. The van der Waals surface area contributed by atoms with Crippen LogP contribution in [-0.4, -0.2) is 43.8 Å². The molecule has 0 rings (SSSR count). The smallest absolute Gasteiger partial charge is 0.407 e. The molecule has 0 heterocycles. The molecule has 7 nitrogen and oxygen atoms in total. The molecule has 0 aromatic heterocycles. The molecule has 0 saturated carbocycles.